The van der Waals surface area contributed by atoms with Gasteiger partial charge < -0.3 is 4.57 Å². The lowest BCUT2D eigenvalue weighted by atomic mass is 10.2. The molecule has 1 aliphatic rings. The van der Waals surface area contributed by atoms with E-state index in [9.17, 15) is 4.79 Å². The summed E-state index contributed by atoms with van der Waals surface area (Å²) in [7, 11) is 1.68. The minimum atomic E-state index is -0.0440. The van der Waals surface area contributed by atoms with Crippen molar-refractivity contribution >= 4 is 12.2 Å². The maximum Gasteiger partial charge on any atom is 0.261 e. The molecule has 1 aromatic heterocycles. The van der Waals surface area contributed by atoms with Crippen LogP contribution in [0.5, 0.6) is 0 Å². The highest BCUT2D eigenvalue weighted by atomic mass is 16.1. The molecule has 0 unspecified atom stereocenters. The normalized spacial score (nSPS) is 12.7. The van der Waals surface area contributed by atoms with Gasteiger partial charge >= 0.3 is 0 Å². The predicted molar refractivity (Wildman–Crippen MR) is 51.1 cm³/mol. The lowest BCUT2D eigenvalue weighted by molar-refractivity contribution is 0.818. The fourth-order valence-corrected chi connectivity index (χ4v) is 1.17. The van der Waals surface area contributed by atoms with Crippen LogP contribution in [0.4, 0.5) is 0 Å². The fourth-order valence-electron chi connectivity index (χ4n) is 1.17. The van der Waals surface area contributed by atoms with Crippen molar-refractivity contribution in [2.24, 2.45) is 7.05 Å². The molecule has 13 heavy (non-hydrogen) atoms. The average Bonchev–Trinajstić information content (AvgIpc) is 2.36. The topological polar surface area (TPSA) is 34.9 Å². The molecule has 0 aromatic carbocycles. The molecule has 2 rings (SSSR count). The first-order valence-electron chi connectivity index (χ1n) is 3.94. The highest BCUT2D eigenvalue weighted by molar-refractivity contribution is 5.64. The largest absolute Gasteiger partial charge is 0.302 e. The summed E-state index contributed by atoms with van der Waals surface area (Å²) in [5, 5.41) is 0. The van der Waals surface area contributed by atoms with Crippen molar-refractivity contribution in [1.29, 1.82) is 0 Å². The monoisotopic (exact) mass is 172 g/mol. The molecule has 3 heteroatoms. The van der Waals surface area contributed by atoms with Gasteiger partial charge in [-0.1, -0.05) is 6.08 Å². The molecule has 0 atom stereocenters. The van der Waals surface area contributed by atoms with Crippen molar-refractivity contribution in [1.82, 2.24) is 9.55 Å². The summed E-state index contributed by atoms with van der Waals surface area (Å²) in [4.78, 5) is 15.7. The second kappa shape index (κ2) is 2.88. The van der Waals surface area contributed by atoms with Gasteiger partial charge in [-0.15, -0.1) is 5.73 Å². The van der Waals surface area contributed by atoms with Gasteiger partial charge in [-0.3, -0.25) is 4.79 Å². The third-order valence-electron chi connectivity index (χ3n) is 1.87. The van der Waals surface area contributed by atoms with E-state index in [1.165, 1.54) is 10.9 Å². The second-order valence-corrected chi connectivity index (χ2v) is 2.80. The van der Waals surface area contributed by atoms with Crippen LogP contribution in [0.1, 0.15) is 11.3 Å². The zero-order chi connectivity index (χ0) is 9.26. The van der Waals surface area contributed by atoms with E-state index in [1.54, 1.807) is 25.3 Å². The molecule has 1 heterocycles. The zero-order valence-corrected chi connectivity index (χ0v) is 7.19. The Morgan fingerprint density at radius 3 is 3.23 bits per heavy atom. The number of fused-ring (bicyclic) bond motifs is 1. The van der Waals surface area contributed by atoms with Gasteiger partial charge in [0.2, 0.25) is 0 Å². The molecule has 1 aromatic rings. The summed E-state index contributed by atoms with van der Waals surface area (Å²) in [6.07, 6.45) is 8.54. The second-order valence-electron chi connectivity index (χ2n) is 2.80. The summed E-state index contributed by atoms with van der Waals surface area (Å²) in [6.45, 7) is 0. The number of nitrogens with zero attached hydrogens (tertiary/aromatic N) is 2. The number of rotatable bonds is 0. The van der Waals surface area contributed by atoms with Crippen molar-refractivity contribution in [3.05, 3.63) is 45.8 Å². The smallest absolute Gasteiger partial charge is 0.261 e. The standard InChI is InChI=1S/C10H8N2O/c1-12-7-11-9-6-4-2-3-5-8(9)10(12)13/h2,4-7H,1H3. The Kier molecular flexibility index (Phi) is 1.72. The number of aryl methyl sites for hydroxylation is 1. The van der Waals surface area contributed by atoms with Gasteiger partial charge in [0.05, 0.1) is 17.6 Å². The van der Waals surface area contributed by atoms with Crippen LogP contribution in [0.25, 0.3) is 12.2 Å². The van der Waals surface area contributed by atoms with Gasteiger partial charge in [0.1, 0.15) is 0 Å². The SMILES string of the molecule is Cn1cnc2c(c1=O)C=C=CC=C2. The van der Waals surface area contributed by atoms with Crippen LogP contribution >= 0.6 is 0 Å². The van der Waals surface area contributed by atoms with E-state index in [0.717, 1.165) is 0 Å². The molecule has 3 nitrogen and oxygen atoms in total. The number of allylic oxidation sites excluding steroid dienone is 2. The molecular formula is C10H8N2O. The summed E-state index contributed by atoms with van der Waals surface area (Å²) in [6, 6.07) is 0. The van der Waals surface area contributed by atoms with Crippen molar-refractivity contribution in [3.8, 4) is 0 Å². The molecular weight excluding hydrogens is 164 g/mol. The molecule has 0 saturated heterocycles. The van der Waals surface area contributed by atoms with Gasteiger partial charge in [0, 0.05) is 7.05 Å². The lowest BCUT2D eigenvalue weighted by Crippen LogP contribution is -2.20. The number of hydrogen-bond donors (Lipinski definition) is 0. The van der Waals surface area contributed by atoms with E-state index in [-0.39, 0.29) is 5.56 Å². The van der Waals surface area contributed by atoms with Crippen LogP contribution in [0.2, 0.25) is 0 Å². The van der Waals surface area contributed by atoms with Crippen molar-refractivity contribution in [2.45, 2.75) is 0 Å². The summed E-state index contributed by atoms with van der Waals surface area (Å²) in [5.41, 5.74) is 4.13. The molecule has 0 bridgehead atoms. The first kappa shape index (κ1) is 7.77. The Labute approximate surface area is 75.4 Å². The maximum atomic E-state index is 11.6. The summed E-state index contributed by atoms with van der Waals surface area (Å²) < 4.78 is 1.45. The van der Waals surface area contributed by atoms with Crippen LogP contribution in [0.3, 0.4) is 0 Å². The first-order valence-corrected chi connectivity index (χ1v) is 3.94. The molecule has 64 valence electrons. The van der Waals surface area contributed by atoms with Gasteiger partial charge in [-0.05, 0) is 18.2 Å². The van der Waals surface area contributed by atoms with E-state index in [2.05, 4.69) is 10.7 Å². The van der Waals surface area contributed by atoms with Crippen molar-refractivity contribution in [2.75, 3.05) is 0 Å². The molecule has 0 fully saturated rings. The van der Waals surface area contributed by atoms with Gasteiger partial charge in [0.15, 0.2) is 0 Å². The minimum absolute atomic E-state index is 0.0440. The number of aromatic nitrogens is 2. The highest BCUT2D eigenvalue weighted by Gasteiger charge is 2.04. The van der Waals surface area contributed by atoms with Crippen LogP contribution in [0.15, 0.2) is 29.0 Å². The van der Waals surface area contributed by atoms with E-state index in [4.69, 9.17) is 0 Å². The zero-order valence-electron chi connectivity index (χ0n) is 7.19. The van der Waals surface area contributed by atoms with Crippen molar-refractivity contribution in [3.63, 3.8) is 0 Å². The van der Waals surface area contributed by atoms with E-state index in [0.29, 0.717) is 11.3 Å². The Morgan fingerprint density at radius 1 is 1.54 bits per heavy atom. The van der Waals surface area contributed by atoms with Crippen LogP contribution in [0, 0.1) is 0 Å². The molecule has 0 N–H and O–H groups in total. The Bertz CT molecular complexity index is 488. The van der Waals surface area contributed by atoms with Gasteiger partial charge in [-0.25, -0.2) is 4.98 Å². The van der Waals surface area contributed by atoms with Gasteiger partial charge in [-0.2, -0.15) is 0 Å². The predicted octanol–water partition coefficient (Wildman–Crippen LogP) is 0.975. The third-order valence-corrected chi connectivity index (χ3v) is 1.87. The number of hydrogen-bond acceptors (Lipinski definition) is 2. The van der Waals surface area contributed by atoms with E-state index in [1.807, 2.05) is 6.08 Å². The van der Waals surface area contributed by atoms with Crippen LogP contribution in [-0.2, 0) is 7.05 Å². The first-order chi connectivity index (χ1) is 6.29. The molecule has 0 radical (unpaired) electrons. The molecule has 0 aliphatic heterocycles. The lowest BCUT2D eigenvalue weighted by Gasteiger charge is -2.00. The average molecular weight is 172 g/mol. The maximum absolute atomic E-state index is 11.6. The minimum Gasteiger partial charge on any atom is -0.302 e. The Balaban J connectivity index is 2.83. The fraction of sp³-hybridized carbons (Fsp3) is 0.100. The molecule has 1 aliphatic carbocycles. The quantitative estimate of drug-likeness (QED) is 0.547. The van der Waals surface area contributed by atoms with Crippen LogP contribution in [-0.4, -0.2) is 9.55 Å². The summed E-state index contributed by atoms with van der Waals surface area (Å²) >= 11 is 0. The van der Waals surface area contributed by atoms with Gasteiger partial charge in [0.25, 0.3) is 5.56 Å². The van der Waals surface area contributed by atoms with Crippen molar-refractivity contribution < 1.29 is 0 Å². The third kappa shape index (κ3) is 1.25. The summed E-state index contributed by atoms with van der Waals surface area (Å²) in [5.74, 6) is 0. The molecule has 0 amide bonds. The molecule has 0 saturated carbocycles. The Hall–Kier alpha value is -1.86. The Morgan fingerprint density at radius 2 is 2.38 bits per heavy atom. The highest BCUT2D eigenvalue weighted by Crippen LogP contribution is 2.06. The molecule has 0 spiro atoms. The van der Waals surface area contributed by atoms with E-state index < -0.39 is 0 Å². The van der Waals surface area contributed by atoms with Crippen LogP contribution < -0.4 is 5.56 Å². The van der Waals surface area contributed by atoms with E-state index >= 15 is 0 Å².